The van der Waals surface area contributed by atoms with Gasteiger partial charge in [-0.05, 0) is 45.4 Å². The topological polar surface area (TPSA) is 12.0 Å². The second kappa shape index (κ2) is 5.08. The Morgan fingerprint density at radius 3 is 2.29 bits per heavy atom. The average Bonchev–Trinajstić information content (AvgIpc) is 2.15. The van der Waals surface area contributed by atoms with Gasteiger partial charge in [0.25, 0.3) is 0 Å². The van der Waals surface area contributed by atoms with E-state index in [1.54, 1.807) is 6.07 Å². The van der Waals surface area contributed by atoms with Crippen LogP contribution in [0.1, 0.15) is 31.9 Å². The van der Waals surface area contributed by atoms with Crippen LogP contribution in [0.25, 0.3) is 0 Å². The minimum absolute atomic E-state index is 0.0123. The van der Waals surface area contributed by atoms with Gasteiger partial charge in [0.05, 0.1) is 5.56 Å². The first kappa shape index (κ1) is 14.0. The molecule has 0 aliphatic rings. The van der Waals surface area contributed by atoms with E-state index in [0.29, 0.717) is 18.5 Å². The first-order valence-corrected chi connectivity index (χ1v) is 5.60. The summed E-state index contributed by atoms with van der Waals surface area (Å²) in [6, 6.07) is 5.49. The normalized spacial score (nSPS) is 12.8. The van der Waals surface area contributed by atoms with Gasteiger partial charge in [0.15, 0.2) is 0 Å². The smallest absolute Gasteiger partial charge is 0.312 e. The zero-order valence-corrected chi connectivity index (χ0v) is 10.4. The number of hydrogen-bond acceptors (Lipinski definition) is 1. The molecule has 1 rings (SSSR count). The van der Waals surface area contributed by atoms with E-state index in [4.69, 9.17) is 0 Å². The van der Waals surface area contributed by atoms with E-state index in [-0.39, 0.29) is 5.54 Å². The van der Waals surface area contributed by atoms with E-state index in [9.17, 15) is 13.2 Å². The molecule has 0 radical (unpaired) electrons. The number of rotatable bonds is 3. The van der Waals surface area contributed by atoms with Crippen LogP contribution in [0, 0.1) is 0 Å². The highest BCUT2D eigenvalue weighted by atomic mass is 19.4. The highest BCUT2D eigenvalue weighted by Crippen LogP contribution is 2.29. The second-order valence-electron chi connectivity index (χ2n) is 5.12. The van der Waals surface area contributed by atoms with Crippen LogP contribution in [0.3, 0.4) is 0 Å². The maximum absolute atomic E-state index is 12.5. The SMILES string of the molecule is CC(C)(C)NCCc1cccc(C(F)(F)F)c1. The summed E-state index contributed by atoms with van der Waals surface area (Å²) < 4.78 is 37.4. The number of hydrogen-bond donors (Lipinski definition) is 1. The summed E-state index contributed by atoms with van der Waals surface area (Å²) in [5.74, 6) is 0. The maximum Gasteiger partial charge on any atom is 0.416 e. The van der Waals surface area contributed by atoms with Crippen LogP contribution in [0.4, 0.5) is 13.2 Å². The zero-order valence-electron chi connectivity index (χ0n) is 10.4. The number of benzene rings is 1. The zero-order chi connectivity index (χ0) is 13.1. The standard InChI is InChI=1S/C13H18F3N/c1-12(2,3)17-8-7-10-5-4-6-11(9-10)13(14,15)16/h4-6,9,17H,7-8H2,1-3H3. The molecule has 0 aromatic heterocycles. The molecule has 0 fully saturated rings. The molecule has 17 heavy (non-hydrogen) atoms. The van der Waals surface area contributed by atoms with Gasteiger partial charge in [-0.1, -0.05) is 18.2 Å². The van der Waals surface area contributed by atoms with Crippen molar-refractivity contribution in [3.63, 3.8) is 0 Å². The Labute approximate surface area is 100 Å². The summed E-state index contributed by atoms with van der Waals surface area (Å²) in [5.41, 5.74) is 0.115. The summed E-state index contributed by atoms with van der Waals surface area (Å²) >= 11 is 0. The quantitative estimate of drug-likeness (QED) is 0.857. The Bertz CT molecular complexity index is 364. The van der Waals surface area contributed by atoms with E-state index in [1.165, 1.54) is 12.1 Å². The minimum Gasteiger partial charge on any atom is -0.312 e. The molecule has 1 N–H and O–H groups in total. The molecule has 0 bridgehead atoms. The molecule has 0 heterocycles. The van der Waals surface area contributed by atoms with Gasteiger partial charge in [0.2, 0.25) is 0 Å². The molecule has 0 saturated carbocycles. The minimum atomic E-state index is -4.26. The monoisotopic (exact) mass is 245 g/mol. The number of halogens is 3. The van der Waals surface area contributed by atoms with Gasteiger partial charge < -0.3 is 5.32 Å². The molecule has 0 atom stereocenters. The van der Waals surface area contributed by atoms with Crippen molar-refractivity contribution >= 4 is 0 Å². The van der Waals surface area contributed by atoms with Gasteiger partial charge in [0, 0.05) is 5.54 Å². The van der Waals surface area contributed by atoms with Crippen molar-refractivity contribution in [2.45, 2.75) is 38.9 Å². The largest absolute Gasteiger partial charge is 0.416 e. The summed E-state index contributed by atoms with van der Waals surface area (Å²) in [6.07, 6.45) is -3.66. The molecule has 0 amide bonds. The van der Waals surface area contributed by atoms with Gasteiger partial charge in [-0.25, -0.2) is 0 Å². The summed E-state index contributed by atoms with van der Waals surface area (Å²) in [6.45, 7) is 6.75. The van der Waals surface area contributed by atoms with Crippen molar-refractivity contribution in [3.8, 4) is 0 Å². The Balaban J connectivity index is 2.61. The van der Waals surface area contributed by atoms with Crippen LogP contribution in [0.15, 0.2) is 24.3 Å². The van der Waals surface area contributed by atoms with Gasteiger partial charge >= 0.3 is 6.18 Å². The highest BCUT2D eigenvalue weighted by Gasteiger charge is 2.30. The third-order valence-corrected chi connectivity index (χ3v) is 2.32. The molecule has 0 aliphatic carbocycles. The molecule has 0 unspecified atom stereocenters. The van der Waals surface area contributed by atoms with Crippen molar-refractivity contribution in [1.29, 1.82) is 0 Å². The third kappa shape index (κ3) is 5.22. The van der Waals surface area contributed by atoms with Gasteiger partial charge in [-0.3, -0.25) is 0 Å². The van der Waals surface area contributed by atoms with Gasteiger partial charge in [-0.2, -0.15) is 13.2 Å². The van der Waals surface area contributed by atoms with Crippen LogP contribution in [0.2, 0.25) is 0 Å². The third-order valence-electron chi connectivity index (χ3n) is 2.32. The molecular weight excluding hydrogens is 227 g/mol. The maximum atomic E-state index is 12.5. The van der Waals surface area contributed by atoms with Crippen LogP contribution < -0.4 is 5.32 Å². The van der Waals surface area contributed by atoms with Crippen molar-refractivity contribution < 1.29 is 13.2 Å². The van der Waals surface area contributed by atoms with E-state index in [2.05, 4.69) is 5.32 Å². The lowest BCUT2D eigenvalue weighted by atomic mass is 10.1. The Hall–Kier alpha value is -1.03. The van der Waals surface area contributed by atoms with Crippen LogP contribution >= 0.6 is 0 Å². The van der Waals surface area contributed by atoms with Crippen molar-refractivity contribution in [2.24, 2.45) is 0 Å². The highest BCUT2D eigenvalue weighted by molar-refractivity contribution is 5.25. The summed E-state index contributed by atoms with van der Waals surface area (Å²) in [4.78, 5) is 0. The molecule has 1 nitrogen and oxygen atoms in total. The fraction of sp³-hybridized carbons (Fsp3) is 0.538. The molecule has 96 valence electrons. The Morgan fingerprint density at radius 1 is 1.12 bits per heavy atom. The molecule has 0 saturated heterocycles. The fourth-order valence-corrected chi connectivity index (χ4v) is 1.49. The van der Waals surface area contributed by atoms with Crippen molar-refractivity contribution in [2.75, 3.05) is 6.54 Å². The summed E-state index contributed by atoms with van der Waals surface area (Å²) in [5, 5.41) is 3.25. The molecule has 4 heteroatoms. The molecule has 0 spiro atoms. The molecular formula is C13H18F3N. The number of alkyl halides is 3. The average molecular weight is 245 g/mol. The number of nitrogens with one attached hydrogen (secondary N) is 1. The van der Waals surface area contributed by atoms with Crippen molar-refractivity contribution in [3.05, 3.63) is 35.4 Å². The van der Waals surface area contributed by atoms with E-state index >= 15 is 0 Å². The molecule has 0 aliphatic heterocycles. The first-order valence-electron chi connectivity index (χ1n) is 5.60. The molecule has 1 aromatic carbocycles. The predicted molar refractivity (Wildman–Crippen MR) is 62.9 cm³/mol. The van der Waals surface area contributed by atoms with E-state index < -0.39 is 11.7 Å². The summed E-state index contributed by atoms with van der Waals surface area (Å²) in [7, 11) is 0. The predicted octanol–water partition coefficient (Wildman–Crippen LogP) is 3.64. The molecule has 1 aromatic rings. The lowest BCUT2D eigenvalue weighted by Gasteiger charge is -2.20. The van der Waals surface area contributed by atoms with Crippen LogP contribution in [0.5, 0.6) is 0 Å². The van der Waals surface area contributed by atoms with Crippen LogP contribution in [-0.4, -0.2) is 12.1 Å². The van der Waals surface area contributed by atoms with Gasteiger partial charge in [-0.15, -0.1) is 0 Å². The first-order chi connectivity index (χ1) is 7.68. The second-order valence-corrected chi connectivity index (χ2v) is 5.12. The Morgan fingerprint density at radius 2 is 1.76 bits per heavy atom. The fourth-order valence-electron chi connectivity index (χ4n) is 1.49. The lowest BCUT2D eigenvalue weighted by Crippen LogP contribution is -2.37. The Kier molecular flexibility index (Phi) is 4.20. The van der Waals surface area contributed by atoms with E-state index in [1.807, 2.05) is 20.8 Å². The van der Waals surface area contributed by atoms with Crippen LogP contribution in [-0.2, 0) is 12.6 Å². The lowest BCUT2D eigenvalue weighted by molar-refractivity contribution is -0.137. The van der Waals surface area contributed by atoms with Gasteiger partial charge in [0.1, 0.15) is 0 Å². The van der Waals surface area contributed by atoms with E-state index in [0.717, 1.165) is 6.07 Å². The van der Waals surface area contributed by atoms with Crippen molar-refractivity contribution in [1.82, 2.24) is 5.32 Å².